The molecule has 1 heterocycles. The van der Waals surface area contributed by atoms with E-state index in [2.05, 4.69) is 5.32 Å². The number of rotatable bonds is 3. The highest BCUT2D eigenvalue weighted by molar-refractivity contribution is 6.30. The number of aryl methyl sites for hydroxylation is 1. The Morgan fingerprint density at radius 2 is 2.08 bits per heavy atom. The summed E-state index contributed by atoms with van der Waals surface area (Å²) < 4.78 is 19.9. The van der Waals surface area contributed by atoms with Gasteiger partial charge in [0.25, 0.3) is 0 Å². The van der Waals surface area contributed by atoms with E-state index in [1.54, 1.807) is 12.1 Å². The molecule has 3 nitrogen and oxygen atoms in total. The molecule has 2 aromatic carbocycles. The fourth-order valence-electron chi connectivity index (χ4n) is 3.19. The molecule has 0 aromatic heterocycles. The van der Waals surface area contributed by atoms with Gasteiger partial charge in [-0.05, 0) is 44.5 Å². The molecule has 1 aliphatic rings. The predicted octanol–water partition coefficient (Wildman–Crippen LogP) is 4.75. The lowest BCUT2D eigenvalue weighted by molar-refractivity contribution is -0.121. The van der Waals surface area contributed by atoms with Crippen LogP contribution in [-0.2, 0) is 11.2 Å². The molecule has 0 spiro atoms. The first kappa shape index (κ1) is 17.7. The van der Waals surface area contributed by atoms with E-state index >= 15 is 0 Å². The fourth-order valence-corrected chi connectivity index (χ4v) is 3.34. The van der Waals surface area contributed by atoms with Crippen molar-refractivity contribution in [2.75, 3.05) is 0 Å². The van der Waals surface area contributed by atoms with Crippen molar-refractivity contribution in [2.45, 2.75) is 45.3 Å². The molecule has 1 aliphatic heterocycles. The van der Waals surface area contributed by atoms with E-state index in [4.69, 9.17) is 16.3 Å². The van der Waals surface area contributed by atoms with Gasteiger partial charge in [-0.1, -0.05) is 35.4 Å². The van der Waals surface area contributed by atoms with Crippen LogP contribution in [0.2, 0.25) is 5.02 Å². The lowest BCUT2D eigenvalue weighted by Crippen LogP contribution is -2.41. The zero-order valence-corrected chi connectivity index (χ0v) is 15.3. The Morgan fingerprint density at radius 1 is 1.32 bits per heavy atom. The topological polar surface area (TPSA) is 38.3 Å². The molecule has 0 aliphatic carbocycles. The Morgan fingerprint density at radius 3 is 2.80 bits per heavy atom. The SMILES string of the molecule is Cc1ccc2c(c1)C(NC(=O)Cc1ccc(Cl)cc1F)CC(C)(C)O2. The maximum absolute atomic E-state index is 13.9. The van der Waals surface area contributed by atoms with Crippen LogP contribution in [0.25, 0.3) is 0 Å². The first-order valence-electron chi connectivity index (χ1n) is 8.26. The van der Waals surface area contributed by atoms with Gasteiger partial charge < -0.3 is 10.1 Å². The maximum Gasteiger partial charge on any atom is 0.225 e. The van der Waals surface area contributed by atoms with Crippen molar-refractivity contribution in [3.05, 3.63) is 63.9 Å². The smallest absolute Gasteiger partial charge is 0.225 e. The summed E-state index contributed by atoms with van der Waals surface area (Å²) in [6.07, 6.45) is 0.625. The molecule has 132 valence electrons. The summed E-state index contributed by atoms with van der Waals surface area (Å²) in [4.78, 5) is 12.5. The van der Waals surface area contributed by atoms with Crippen molar-refractivity contribution in [1.82, 2.24) is 5.32 Å². The van der Waals surface area contributed by atoms with Gasteiger partial charge in [0.05, 0.1) is 12.5 Å². The molecule has 2 aromatic rings. The molecule has 1 unspecified atom stereocenters. The number of hydrogen-bond acceptors (Lipinski definition) is 2. The number of halogens is 2. The number of ether oxygens (including phenoxy) is 1. The maximum atomic E-state index is 13.9. The Labute approximate surface area is 152 Å². The highest BCUT2D eigenvalue weighted by atomic mass is 35.5. The Balaban J connectivity index is 1.80. The summed E-state index contributed by atoms with van der Waals surface area (Å²) in [6, 6.07) is 10.1. The van der Waals surface area contributed by atoms with Crippen molar-refractivity contribution in [3.8, 4) is 5.75 Å². The van der Waals surface area contributed by atoms with Gasteiger partial charge >= 0.3 is 0 Å². The van der Waals surface area contributed by atoms with Crippen molar-refractivity contribution in [3.63, 3.8) is 0 Å². The van der Waals surface area contributed by atoms with Crippen LogP contribution in [0.4, 0.5) is 4.39 Å². The van der Waals surface area contributed by atoms with Gasteiger partial charge in [0, 0.05) is 17.0 Å². The third kappa shape index (κ3) is 4.13. The number of fused-ring (bicyclic) bond motifs is 1. The molecule has 1 N–H and O–H groups in total. The van der Waals surface area contributed by atoms with Crippen molar-refractivity contribution in [1.29, 1.82) is 0 Å². The zero-order valence-electron chi connectivity index (χ0n) is 14.5. The molecule has 1 amide bonds. The number of carbonyl (C=O) groups is 1. The summed E-state index contributed by atoms with van der Waals surface area (Å²) in [6.45, 7) is 5.99. The molecule has 25 heavy (non-hydrogen) atoms. The summed E-state index contributed by atoms with van der Waals surface area (Å²) in [5.74, 6) is 0.0902. The second kappa shape index (κ2) is 6.68. The van der Waals surface area contributed by atoms with Crippen LogP contribution in [-0.4, -0.2) is 11.5 Å². The molecular formula is C20H21ClFNO2. The van der Waals surface area contributed by atoms with E-state index in [0.717, 1.165) is 16.9 Å². The molecule has 3 rings (SSSR count). The quantitative estimate of drug-likeness (QED) is 0.856. The van der Waals surface area contributed by atoms with E-state index < -0.39 is 5.82 Å². The average molecular weight is 362 g/mol. The van der Waals surface area contributed by atoms with Crippen LogP contribution >= 0.6 is 11.6 Å². The summed E-state index contributed by atoms with van der Waals surface area (Å²) in [5.41, 5.74) is 2.01. The normalized spacial score (nSPS) is 18.2. The molecule has 0 bridgehead atoms. The lowest BCUT2D eigenvalue weighted by Gasteiger charge is -2.38. The second-order valence-corrected chi connectivity index (χ2v) is 7.58. The van der Waals surface area contributed by atoms with Crippen LogP contribution < -0.4 is 10.1 Å². The van der Waals surface area contributed by atoms with E-state index in [9.17, 15) is 9.18 Å². The molecular weight excluding hydrogens is 341 g/mol. The van der Waals surface area contributed by atoms with Gasteiger partial charge in [0.1, 0.15) is 17.2 Å². The van der Waals surface area contributed by atoms with E-state index in [1.165, 1.54) is 6.07 Å². The van der Waals surface area contributed by atoms with Gasteiger partial charge in [0.15, 0.2) is 0 Å². The molecule has 0 fully saturated rings. The largest absolute Gasteiger partial charge is 0.487 e. The van der Waals surface area contributed by atoms with E-state index in [1.807, 2.05) is 39.0 Å². The van der Waals surface area contributed by atoms with Crippen LogP contribution in [0.15, 0.2) is 36.4 Å². The standard InChI is InChI=1S/C20H21ClFNO2/c1-12-4-7-18-15(8-12)17(11-20(2,3)25-18)23-19(24)9-13-5-6-14(21)10-16(13)22/h4-8,10,17H,9,11H2,1-3H3,(H,23,24). The highest BCUT2D eigenvalue weighted by Crippen LogP contribution is 2.39. The number of nitrogens with one attached hydrogen (secondary N) is 1. The Kier molecular flexibility index (Phi) is 4.74. The number of carbonyl (C=O) groups excluding carboxylic acids is 1. The van der Waals surface area contributed by atoms with Crippen molar-refractivity contribution < 1.29 is 13.9 Å². The minimum absolute atomic E-state index is 0.0259. The van der Waals surface area contributed by atoms with Gasteiger partial charge in [0.2, 0.25) is 5.91 Å². The summed E-state index contributed by atoms with van der Waals surface area (Å²) in [7, 11) is 0. The van der Waals surface area contributed by atoms with Crippen LogP contribution in [0.1, 0.15) is 43.0 Å². The fraction of sp³-hybridized carbons (Fsp3) is 0.350. The highest BCUT2D eigenvalue weighted by Gasteiger charge is 2.34. The van der Waals surface area contributed by atoms with Gasteiger partial charge in [-0.3, -0.25) is 4.79 Å². The van der Waals surface area contributed by atoms with Gasteiger partial charge in [-0.15, -0.1) is 0 Å². The number of hydrogen-bond donors (Lipinski definition) is 1. The zero-order chi connectivity index (χ0) is 18.2. The monoisotopic (exact) mass is 361 g/mol. The molecule has 5 heteroatoms. The lowest BCUT2D eigenvalue weighted by atomic mass is 9.89. The van der Waals surface area contributed by atoms with Crippen molar-refractivity contribution in [2.24, 2.45) is 0 Å². The third-order valence-corrected chi connectivity index (χ3v) is 4.56. The van der Waals surface area contributed by atoms with E-state index in [0.29, 0.717) is 17.0 Å². The van der Waals surface area contributed by atoms with Gasteiger partial charge in [-0.25, -0.2) is 4.39 Å². The van der Waals surface area contributed by atoms with Crippen molar-refractivity contribution >= 4 is 17.5 Å². The molecule has 0 saturated heterocycles. The van der Waals surface area contributed by atoms with Crippen LogP contribution in [0, 0.1) is 12.7 Å². The predicted molar refractivity (Wildman–Crippen MR) is 96.5 cm³/mol. The minimum Gasteiger partial charge on any atom is -0.487 e. The summed E-state index contributed by atoms with van der Waals surface area (Å²) in [5, 5.41) is 3.35. The second-order valence-electron chi connectivity index (χ2n) is 7.14. The number of amides is 1. The first-order valence-corrected chi connectivity index (χ1v) is 8.64. The molecule has 0 radical (unpaired) electrons. The van der Waals surface area contributed by atoms with Crippen LogP contribution in [0.5, 0.6) is 5.75 Å². The molecule has 0 saturated carbocycles. The van der Waals surface area contributed by atoms with Crippen LogP contribution in [0.3, 0.4) is 0 Å². The minimum atomic E-state index is -0.466. The van der Waals surface area contributed by atoms with Gasteiger partial charge in [-0.2, -0.15) is 0 Å². The third-order valence-electron chi connectivity index (χ3n) is 4.32. The number of benzene rings is 2. The Bertz CT molecular complexity index is 819. The average Bonchev–Trinajstić information content (AvgIpc) is 2.50. The van der Waals surface area contributed by atoms with E-state index in [-0.39, 0.29) is 24.0 Å². The first-order chi connectivity index (χ1) is 11.7. The Hall–Kier alpha value is -2.07. The molecule has 1 atom stereocenters. The summed E-state index contributed by atoms with van der Waals surface area (Å²) >= 11 is 5.76.